The van der Waals surface area contributed by atoms with Gasteiger partial charge in [-0.25, -0.2) is 4.79 Å². The van der Waals surface area contributed by atoms with Crippen molar-refractivity contribution in [2.75, 3.05) is 0 Å². The van der Waals surface area contributed by atoms with Crippen LogP contribution in [0.5, 0.6) is 0 Å². The number of benzene rings is 2. The zero-order chi connectivity index (χ0) is 22.8. The summed E-state index contributed by atoms with van der Waals surface area (Å²) in [6.07, 6.45) is 4.29. The fraction of sp³-hybridized carbons (Fsp3) is 0.148. The quantitative estimate of drug-likeness (QED) is 0.359. The summed E-state index contributed by atoms with van der Waals surface area (Å²) in [7, 11) is 0. The van der Waals surface area contributed by atoms with Crippen LogP contribution in [0.4, 0.5) is 0 Å². The fourth-order valence-electron chi connectivity index (χ4n) is 4.17. The van der Waals surface area contributed by atoms with E-state index in [-0.39, 0.29) is 0 Å². The fourth-order valence-corrected chi connectivity index (χ4v) is 5.80. The first-order chi connectivity index (χ1) is 15.4. The number of carboxylic acids is 1. The van der Waals surface area contributed by atoms with Gasteiger partial charge in [-0.2, -0.15) is 0 Å². The molecule has 0 spiro atoms. The van der Waals surface area contributed by atoms with Crippen LogP contribution in [-0.4, -0.2) is 11.1 Å². The lowest BCUT2D eigenvalue weighted by molar-refractivity contribution is -0.131. The number of allylic oxidation sites excluding steroid dienone is 3. The Bertz CT molecular complexity index is 1280. The molecule has 2 aromatic carbocycles. The van der Waals surface area contributed by atoms with E-state index in [1.165, 1.54) is 10.4 Å². The highest BCUT2D eigenvalue weighted by atomic mass is 35.5. The summed E-state index contributed by atoms with van der Waals surface area (Å²) < 4.78 is 0.782. The summed E-state index contributed by atoms with van der Waals surface area (Å²) >= 11 is 15.2. The van der Waals surface area contributed by atoms with E-state index < -0.39 is 5.97 Å². The minimum Gasteiger partial charge on any atom is -0.478 e. The summed E-state index contributed by atoms with van der Waals surface area (Å²) in [6.45, 7) is 4.20. The molecular weight excluding hydrogens is 459 g/mol. The standard InChI is InChI=1S/C27H22Cl2O2S/c1-3-20(22-14-16(2)32-27(22)29)25(18-11-8-17(9-12-18)10-13-24(30)31)23-15-19-6-4-5-7-21(19)26(23)28/h4-14H,3,15H2,1-2H3,(H,30,31)/b13-10+,25-20+. The van der Waals surface area contributed by atoms with Gasteiger partial charge in [-0.05, 0) is 64.5 Å². The normalized spacial score (nSPS) is 14.1. The Hall–Kier alpha value is -2.59. The lowest BCUT2D eigenvalue weighted by Crippen LogP contribution is -1.97. The lowest BCUT2D eigenvalue weighted by Gasteiger charge is -2.17. The predicted octanol–water partition coefficient (Wildman–Crippen LogP) is 8.33. The van der Waals surface area contributed by atoms with Crippen molar-refractivity contribution in [1.82, 2.24) is 0 Å². The molecule has 1 heterocycles. The topological polar surface area (TPSA) is 37.3 Å². The minimum absolute atomic E-state index is 0.759. The van der Waals surface area contributed by atoms with Crippen molar-refractivity contribution in [3.05, 3.63) is 103 Å². The highest BCUT2D eigenvalue weighted by Crippen LogP contribution is 2.47. The zero-order valence-electron chi connectivity index (χ0n) is 17.8. The molecule has 5 heteroatoms. The second-order valence-electron chi connectivity index (χ2n) is 7.67. The van der Waals surface area contributed by atoms with Gasteiger partial charge < -0.3 is 5.11 Å². The number of aliphatic carboxylic acids is 1. The number of thiophene rings is 1. The largest absolute Gasteiger partial charge is 0.478 e. The molecule has 4 rings (SSSR count). The van der Waals surface area contributed by atoms with Gasteiger partial charge in [0.25, 0.3) is 0 Å². The molecule has 0 radical (unpaired) electrons. The third-order valence-corrected chi connectivity index (χ3v) is 7.30. The van der Waals surface area contributed by atoms with E-state index in [1.807, 2.05) is 36.4 Å². The van der Waals surface area contributed by atoms with Crippen LogP contribution in [0.3, 0.4) is 0 Å². The number of hydrogen-bond donors (Lipinski definition) is 1. The van der Waals surface area contributed by atoms with Gasteiger partial charge in [-0.15, -0.1) is 11.3 Å². The first kappa shape index (κ1) is 22.6. The molecule has 1 aliphatic carbocycles. The Morgan fingerprint density at radius 3 is 2.44 bits per heavy atom. The maximum absolute atomic E-state index is 10.9. The van der Waals surface area contributed by atoms with Crippen LogP contribution in [0, 0.1) is 6.92 Å². The van der Waals surface area contributed by atoms with E-state index in [1.54, 1.807) is 17.4 Å². The molecule has 0 saturated carbocycles. The summed E-state index contributed by atoms with van der Waals surface area (Å²) in [6, 6.07) is 18.3. The average Bonchev–Trinajstić information content (AvgIpc) is 3.29. The Morgan fingerprint density at radius 1 is 1.12 bits per heavy atom. The summed E-state index contributed by atoms with van der Waals surface area (Å²) in [5.74, 6) is -0.967. The number of carbonyl (C=O) groups is 1. The Kier molecular flexibility index (Phi) is 6.71. The van der Waals surface area contributed by atoms with Gasteiger partial charge in [0.1, 0.15) is 4.34 Å². The zero-order valence-corrected chi connectivity index (χ0v) is 20.1. The van der Waals surface area contributed by atoms with Crippen molar-refractivity contribution in [2.45, 2.75) is 26.7 Å². The van der Waals surface area contributed by atoms with Crippen molar-refractivity contribution in [3.63, 3.8) is 0 Å². The average molecular weight is 481 g/mol. The second-order valence-corrected chi connectivity index (χ2v) is 9.91. The number of carboxylic acid groups (broad SMARTS) is 1. The molecule has 162 valence electrons. The van der Waals surface area contributed by atoms with Gasteiger partial charge in [0.05, 0.1) is 5.03 Å². The van der Waals surface area contributed by atoms with Crippen LogP contribution in [0.2, 0.25) is 4.34 Å². The van der Waals surface area contributed by atoms with Crippen LogP contribution in [0.1, 0.15) is 46.0 Å². The minimum atomic E-state index is -0.967. The summed E-state index contributed by atoms with van der Waals surface area (Å²) in [5.41, 5.74) is 8.56. The van der Waals surface area contributed by atoms with Gasteiger partial charge in [0.2, 0.25) is 0 Å². The van der Waals surface area contributed by atoms with Crippen LogP contribution in [-0.2, 0) is 11.2 Å². The number of halogens is 2. The highest BCUT2D eigenvalue weighted by Gasteiger charge is 2.26. The summed E-state index contributed by atoms with van der Waals surface area (Å²) in [4.78, 5) is 12.0. The maximum Gasteiger partial charge on any atom is 0.328 e. The molecule has 2 nitrogen and oxygen atoms in total. The van der Waals surface area contributed by atoms with Crippen LogP contribution < -0.4 is 0 Å². The summed E-state index contributed by atoms with van der Waals surface area (Å²) in [5, 5.41) is 9.69. The molecule has 0 amide bonds. The van der Waals surface area contributed by atoms with Crippen molar-refractivity contribution in [1.29, 1.82) is 0 Å². The smallest absolute Gasteiger partial charge is 0.328 e. The van der Waals surface area contributed by atoms with Crippen molar-refractivity contribution in [3.8, 4) is 0 Å². The van der Waals surface area contributed by atoms with Gasteiger partial charge in [0, 0.05) is 22.9 Å². The monoisotopic (exact) mass is 480 g/mol. The van der Waals surface area contributed by atoms with Crippen LogP contribution in [0.25, 0.3) is 22.3 Å². The van der Waals surface area contributed by atoms with Gasteiger partial charge in [-0.1, -0.05) is 78.7 Å². The molecule has 0 fully saturated rings. The molecule has 0 unspecified atom stereocenters. The number of rotatable bonds is 6. The first-order valence-electron chi connectivity index (χ1n) is 10.4. The van der Waals surface area contributed by atoms with E-state index in [0.29, 0.717) is 0 Å². The molecule has 0 saturated heterocycles. The van der Waals surface area contributed by atoms with Crippen molar-refractivity contribution >= 4 is 62.8 Å². The molecule has 0 bridgehead atoms. The van der Waals surface area contributed by atoms with Crippen molar-refractivity contribution < 1.29 is 9.90 Å². The third-order valence-electron chi connectivity index (χ3n) is 5.60. The molecular formula is C27H22Cl2O2S. The number of fused-ring (bicyclic) bond motifs is 1. The number of hydrogen-bond acceptors (Lipinski definition) is 2. The lowest BCUT2D eigenvalue weighted by atomic mass is 9.87. The molecule has 3 aromatic rings. The van der Waals surface area contributed by atoms with Gasteiger partial charge in [-0.3, -0.25) is 0 Å². The first-order valence-corrected chi connectivity index (χ1v) is 11.9. The molecule has 0 aliphatic heterocycles. The molecule has 0 atom stereocenters. The molecule has 32 heavy (non-hydrogen) atoms. The van der Waals surface area contributed by atoms with E-state index in [2.05, 4.69) is 32.0 Å². The van der Waals surface area contributed by atoms with Gasteiger partial charge >= 0.3 is 5.97 Å². The predicted molar refractivity (Wildman–Crippen MR) is 137 cm³/mol. The highest BCUT2D eigenvalue weighted by molar-refractivity contribution is 7.16. The molecule has 1 aliphatic rings. The van der Waals surface area contributed by atoms with Crippen LogP contribution in [0.15, 0.2) is 66.2 Å². The Balaban J connectivity index is 1.91. The maximum atomic E-state index is 10.9. The Morgan fingerprint density at radius 2 is 1.84 bits per heavy atom. The SMILES string of the molecule is CC/C(=C(\C1=C(Cl)c2ccccc2C1)c1ccc(/C=C/C(=O)O)cc1)c1cc(C)sc1Cl. The Labute approximate surface area is 202 Å². The van der Waals surface area contributed by atoms with Crippen molar-refractivity contribution in [2.24, 2.45) is 0 Å². The van der Waals surface area contributed by atoms with E-state index in [0.717, 1.165) is 67.3 Å². The third kappa shape index (κ3) is 4.47. The molecule has 1 aromatic heterocycles. The van der Waals surface area contributed by atoms with E-state index >= 15 is 0 Å². The number of aryl methyl sites for hydroxylation is 1. The van der Waals surface area contributed by atoms with Gasteiger partial charge in [0.15, 0.2) is 0 Å². The molecule has 1 N–H and O–H groups in total. The van der Waals surface area contributed by atoms with E-state index in [4.69, 9.17) is 28.3 Å². The van der Waals surface area contributed by atoms with E-state index in [9.17, 15) is 4.79 Å². The van der Waals surface area contributed by atoms with Crippen LogP contribution >= 0.6 is 34.5 Å². The second kappa shape index (κ2) is 9.50.